The predicted octanol–water partition coefficient (Wildman–Crippen LogP) is 1.99. The van der Waals surface area contributed by atoms with Gasteiger partial charge in [-0.15, -0.1) is 5.10 Å². The van der Waals surface area contributed by atoms with Crippen molar-refractivity contribution in [3.63, 3.8) is 0 Å². The predicted molar refractivity (Wildman–Crippen MR) is 77.8 cm³/mol. The fraction of sp³-hybridized carbons (Fsp3) is 0.857. The lowest BCUT2D eigenvalue weighted by molar-refractivity contribution is 0.130. The molecule has 1 saturated carbocycles. The Kier molecular flexibility index (Phi) is 5.79. The summed E-state index contributed by atoms with van der Waals surface area (Å²) < 4.78 is 11.3. The fourth-order valence-electron chi connectivity index (χ4n) is 1.84. The Balaban J connectivity index is 1.71. The molecule has 0 aromatic carbocycles. The molecule has 1 heterocycles. The van der Waals surface area contributed by atoms with Crippen LogP contribution in [0.15, 0.2) is 4.42 Å². The van der Waals surface area contributed by atoms with Crippen LogP contribution in [0.4, 0.5) is 6.01 Å². The first-order valence-corrected chi connectivity index (χ1v) is 7.56. The second-order valence-corrected chi connectivity index (χ2v) is 5.54. The van der Waals surface area contributed by atoms with Crippen molar-refractivity contribution in [1.82, 2.24) is 15.5 Å². The molecule has 114 valence electrons. The van der Waals surface area contributed by atoms with Gasteiger partial charge in [0.05, 0.1) is 12.6 Å². The third kappa shape index (κ3) is 4.76. The van der Waals surface area contributed by atoms with Gasteiger partial charge < -0.3 is 19.4 Å². The van der Waals surface area contributed by atoms with Gasteiger partial charge in [0.25, 0.3) is 0 Å². The van der Waals surface area contributed by atoms with E-state index in [0.717, 1.165) is 32.0 Å². The molecule has 1 atom stereocenters. The van der Waals surface area contributed by atoms with Crippen LogP contribution >= 0.6 is 0 Å². The summed E-state index contributed by atoms with van der Waals surface area (Å²) in [6.07, 6.45) is 3.74. The molecule has 20 heavy (non-hydrogen) atoms. The lowest BCUT2D eigenvalue weighted by Crippen LogP contribution is -2.23. The van der Waals surface area contributed by atoms with Crippen molar-refractivity contribution >= 4 is 6.01 Å². The van der Waals surface area contributed by atoms with Crippen molar-refractivity contribution in [3.05, 3.63) is 5.89 Å². The normalized spacial score (nSPS) is 16.4. The Morgan fingerprint density at radius 1 is 1.45 bits per heavy atom. The summed E-state index contributed by atoms with van der Waals surface area (Å²) in [7, 11) is 1.95. The number of anilines is 1. The van der Waals surface area contributed by atoms with Crippen LogP contribution in [0.5, 0.6) is 0 Å². The highest BCUT2D eigenvalue weighted by Crippen LogP contribution is 2.28. The summed E-state index contributed by atoms with van der Waals surface area (Å²) in [5.74, 6) is 1.44. The molecule has 0 spiro atoms. The SMILES string of the molecule is CCCNC(C)c1nnc(N(C)CCOCC2CC2)o1. The molecular formula is C14H26N4O2. The Bertz CT molecular complexity index is 392. The van der Waals surface area contributed by atoms with Crippen LogP contribution in [0.1, 0.15) is 45.0 Å². The van der Waals surface area contributed by atoms with Crippen LogP contribution in [0.2, 0.25) is 0 Å². The molecule has 1 aliphatic carbocycles. The van der Waals surface area contributed by atoms with E-state index >= 15 is 0 Å². The van der Waals surface area contributed by atoms with E-state index in [9.17, 15) is 0 Å². The first-order valence-electron chi connectivity index (χ1n) is 7.56. The summed E-state index contributed by atoms with van der Waals surface area (Å²) in [5.41, 5.74) is 0. The van der Waals surface area contributed by atoms with Gasteiger partial charge in [0.15, 0.2) is 0 Å². The highest BCUT2D eigenvalue weighted by atomic mass is 16.5. The van der Waals surface area contributed by atoms with Crippen molar-refractivity contribution in [2.45, 2.75) is 39.2 Å². The summed E-state index contributed by atoms with van der Waals surface area (Å²) in [6, 6.07) is 0.649. The van der Waals surface area contributed by atoms with Gasteiger partial charge in [0.2, 0.25) is 5.89 Å². The standard InChI is InChI=1S/C14H26N4O2/c1-4-7-15-11(2)13-16-17-14(20-13)18(3)8-9-19-10-12-5-6-12/h11-12,15H,4-10H2,1-3H3. The fourth-order valence-corrected chi connectivity index (χ4v) is 1.84. The molecule has 1 aromatic rings. The Morgan fingerprint density at radius 3 is 2.95 bits per heavy atom. The summed E-state index contributed by atoms with van der Waals surface area (Å²) >= 11 is 0. The van der Waals surface area contributed by atoms with Crippen molar-refractivity contribution in [3.8, 4) is 0 Å². The number of likely N-dealkylation sites (N-methyl/N-ethyl adjacent to an activating group) is 1. The minimum absolute atomic E-state index is 0.0933. The van der Waals surface area contributed by atoms with E-state index < -0.39 is 0 Å². The van der Waals surface area contributed by atoms with Crippen LogP contribution < -0.4 is 10.2 Å². The third-order valence-corrected chi connectivity index (χ3v) is 3.45. The second kappa shape index (κ2) is 7.59. The molecule has 0 amide bonds. The van der Waals surface area contributed by atoms with Gasteiger partial charge in [-0.3, -0.25) is 0 Å². The van der Waals surface area contributed by atoms with Crippen LogP contribution in [0.3, 0.4) is 0 Å². The Hall–Kier alpha value is -1.14. The van der Waals surface area contributed by atoms with Gasteiger partial charge >= 0.3 is 6.01 Å². The summed E-state index contributed by atoms with van der Waals surface area (Å²) in [6.45, 7) is 7.48. The number of hydrogen-bond donors (Lipinski definition) is 1. The Labute approximate surface area is 120 Å². The maximum absolute atomic E-state index is 5.68. The van der Waals surface area contributed by atoms with Crippen LogP contribution in [0.25, 0.3) is 0 Å². The molecule has 0 aliphatic heterocycles. The van der Waals surface area contributed by atoms with Gasteiger partial charge in [0.1, 0.15) is 0 Å². The van der Waals surface area contributed by atoms with Gasteiger partial charge in [0, 0.05) is 20.2 Å². The van der Waals surface area contributed by atoms with E-state index in [2.05, 4.69) is 22.4 Å². The molecule has 6 nitrogen and oxygen atoms in total. The molecule has 1 aromatic heterocycles. The van der Waals surface area contributed by atoms with Gasteiger partial charge in [-0.25, -0.2) is 0 Å². The zero-order valence-electron chi connectivity index (χ0n) is 12.8. The van der Waals surface area contributed by atoms with Crippen LogP contribution in [-0.4, -0.2) is 43.5 Å². The molecule has 1 aliphatic rings. The molecule has 1 unspecified atom stereocenters. The topological polar surface area (TPSA) is 63.4 Å². The van der Waals surface area contributed by atoms with Gasteiger partial charge in [-0.2, -0.15) is 0 Å². The highest BCUT2D eigenvalue weighted by molar-refractivity contribution is 5.21. The van der Waals surface area contributed by atoms with Crippen molar-refractivity contribution in [2.75, 3.05) is 38.3 Å². The minimum Gasteiger partial charge on any atom is -0.406 e. The van der Waals surface area contributed by atoms with Crippen molar-refractivity contribution in [2.24, 2.45) is 5.92 Å². The minimum atomic E-state index is 0.0933. The van der Waals surface area contributed by atoms with Crippen LogP contribution in [-0.2, 0) is 4.74 Å². The number of nitrogens with zero attached hydrogens (tertiary/aromatic N) is 3. The first-order chi connectivity index (χ1) is 9.70. The second-order valence-electron chi connectivity index (χ2n) is 5.54. The maximum atomic E-state index is 5.68. The lowest BCUT2D eigenvalue weighted by atomic mass is 10.3. The average molecular weight is 282 g/mol. The molecule has 6 heteroatoms. The summed E-state index contributed by atoms with van der Waals surface area (Å²) in [4.78, 5) is 1.94. The molecule has 1 fully saturated rings. The quantitative estimate of drug-likeness (QED) is 0.662. The highest BCUT2D eigenvalue weighted by Gasteiger charge is 2.21. The number of ether oxygens (including phenoxy) is 1. The number of nitrogens with one attached hydrogen (secondary N) is 1. The van der Waals surface area contributed by atoms with E-state index in [1.165, 1.54) is 12.8 Å². The number of hydrogen-bond acceptors (Lipinski definition) is 6. The molecule has 0 radical (unpaired) electrons. The molecule has 1 N–H and O–H groups in total. The molecule has 2 rings (SSSR count). The average Bonchev–Trinajstić information content (AvgIpc) is 3.14. The third-order valence-electron chi connectivity index (χ3n) is 3.45. The van der Waals surface area contributed by atoms with E-state index in [4.69, 9.17) is 9.15 Å². The molecule has 0 bridgehead atoms. The van der Waals surface area contributed by atoms with E-state index in [1.54, 1.807) is 0 Å². The zero-order valence-corrected chi connectivity index (χ0v) is 12.8. The largest absolute Gasteiger partial charge is 0.406 e. The first kappa shape index (κ1) is 15.3. The molecule has 0 saturated heterocycles. The van der Waals surface area contributed by atoms with Crippen molar-refractivity contribution in [1.29, 1.82) is 0 Å². The van der Waals surface area contributed by atoms with Crippen LogP contribution in [0, 0.1) is 5.92 Å². The van der Waals surface area contributed by atoms with E-state index in [1.807, 2.05) is 18.9 Å². The molecular weight excluding hydrogens is 256 g/mol. The summed E-state index contributed by atoms with van der Waals surface area (Å²) in [5, 5.41) is 11.5. The van der Waals surface area contributed by atoms with E-state index in [0.29, 0.717) is 18.5 Å². The monoisotopic (exact) mass is 282 g/mol. The lowest BCUT2D eigenvalue weighted by Gasteiger charge is -2.14. The Morgan fingerprint density at radius 2 is 2.25 bits per heavy atom. The maximum Gasteiger partial charge on any atom is 0.318 e. The van der Waals surface area contributed by atoms with E-state index in [-0.39, 0.29) is 6.04 Å². The smallest absolute Gasteiger partial charge is 0.318 e. The number of rotatable bonds is 10. The zero-order chi connectivity index (χ0) is 14.4. The van der Waals surface area contributed by atoms with Crippen molar-refractivity contribution < 1.29 is 9.15 Å². The van der Waals surface area contributed by atoms with Gasteiger partial charge in [-0.1, -0.05) is 12.0 Å². The number of aromatic nitrogens is 2. The van der Waals surface area contributed by atoms with Gasteiger partial charge in [-0.05, 0) is 38.6 Å².